The lowest BCUT2D eigenvalue weighted by molar-refractivity contribution is 0.0936. The van der Waals surface area contributed by atoms with Gasteiger partial charge in [-0.3, -0.25) is 4.79 Å². The molecule has 0 aliphatic carbocycles. The van der Waals surface area contributed by atoms with Gasteiger partial charge in [-0.15, -0.1) is 11.3 Å². The molecule has 2 rings (SSSR count). The minimum atomic E-state index is -0.155. The van der Waals surface area contributed by atoms with E-state index in [1.165, 1.54) is 0 Å². The highest BCUT2D eigenvalue weighted by molar-refractivity contribution is 7.09. The van der Waals surface area contributed by atoms with Crippen LogP contribution in [0.5, 0.6) is 0 Å². The van der Waals surface area contributed by atoms with Crippen molar-refractivity contribution in [3.8, 4) is 0 Å². The molecule has 0 saturated heterocycles. The summed E-state index contributed by atoms with van der Waals surface area (Å²) in [6, 6.07) is 7.01. The van der Waals surface area contributed by atoms with Crippen LogP contribution in [0.2, 0.25) is 0 Å². The van der Waals surface area contributed by atoms with Crippen molar-refractivity contribution in [2.75, 3.05) is 5.73 Å². The summed E-state index contributed by atoms with van der Waals surface area (Å²) in [4.78, 5) is 16.6. The third-order valence-corrected chi connectivity index (χ3v) is 3.93. The maximum absolute atomic E-state index is 12.2. The van der Waals surface area contributed by atoms with Gasteiger partial charge >= 0.3 is 0 Å². The number of nitrogens with zero attached hydrogens (tertiary/aromatic N) is 1. The van der Waals surface area contributed by atoms with Crippen LogP contribution in [0.4, 0.5) is 5.69 Å². The van der Waals surface area contributed by atoms with E-state index in [2.05, 4.69) is 10.3 Å². The Balaban J connectivity index is 2.15. The van der Waals surface area contributed by atoms with Gasteiger partial charge in [0.15, 0.2) is 0 Å². The van der Waals surface area contributed by atoms with E-state index >= 15 is 0 Å². The number of benzene rings is 1. The molecule has 1 aromatic carbocycles. The number of anilines is 1. The summed E-state index contributed by atoms with van der Waals surface area (Å²) in [5.41, 5.74) is 7.79. The highest BCUT2D eigenvalue weighted by Crippen LogP contribution is 2.22. The van der Waals surface area contributed by atoms with Crippen LogP contribution in [0.3, 0.4) is 0 Å². The van der Waals surface area contributed by atoms with E-state index < -0.39 is 0 Å². The molecule has 0 bridgehead atoms. The van der Waals surface area contributed by atoms with Crippen molar-refractivity contribution in [2.45, 2.75) is 26.3 Å². The molecule has 0 spiro atoms. The number of rotatable bonds is 4. The molecule has 1 unspecified atom stereocenters. The molecular weight excluding hydrogens is 258 g/mol. The Hall–Kier alpha value is -1.88. The van der Waals surface area contributed by atoms with Crippen LogP contribution in [0, 0.1) is 6.92 Å². The van der Waals surface area contributed by atoms with E-state index in [1.807, 2.05) is 25.3 Å². The lowest BCUT2D eigenvalue weighted by Crippen LogP contribution is -2.28. The summed E-state index contributed by atoms with van der Waals surface area (Å²) in [6.45, 7) is 3.97. The van der Waals surface area contributed by atoms with Crippen molar-refractivity contribution in [3.63, 3.8) is 0 Å². The van der Waals surface area contributed by atoms with E-state index in [0.717, 1.165) is 17.1 Å². The van der Waals surface area contributed by atoms with E-state index in [-0.39, 0.29) is 11.9 Å². The second-order valence-corrected chi connectivity index (χ2v) is 5.24. The molecular formula is C14H17N3OS. The lowest BCUT2D eigenvalue weighted by atomic mass is 10.1. The Morgan fingerprint density at radius 3 is 2.79 bits per heavy atom. The number of thiazole rings is 1. The fourth-order valence-electron chi connectivity index (χ4n) is 1.81. The molecule has 0 fully saturated rings. The fraction of sp³-hybridized carbons (Fsp3) is 0.286. The number of aromatic nitrogens is 1. The van der Waals surface area contributed by atoms with E-state index in [1.54, 1.807) is 29.5 Å². The normalized spacial score (nSPS) is 12.1. The van der Waals surface area contributed by atoms with Gasteiger partial charge in [-0.2, -0.15) is 0 Å². The number of para-hydroxylation sites is 1. The average Bonchev–Trinajstić information content (AvgIpc) is 2.82. The molecule has 3 N–H and O–H groups in total. The van der Waals surface area contributed by atoms with Crippen LogP contribution in [0.25, 0.3) is 0 Å². The number of nitrogens with two attached hydrogens (primary N) is 1. The predicted octanol–water partition coefficient (Wildman–Crippen LogP) is 2.91. The molecule has 1 amide bonds. The molecule has 4 nitrogen and oxygen atoms in total. The highest BCUT2D eigenvalue weighted by atomic mass is 32.1. The first-order valence-corrected chi connectivity index (χ1v) is 7.07. The topological polar surface area (TPSA) is 68.0 Å². The van der Waals surface area contributed by atoms with Crippen LogP contribution in [-0.2, 0) is 0 Å². The third-order valence-electron chi connectivity index (χ3n) is 2.85. The number of nitrogen functional groups attached to an aromatic ring is 1. The zero-order chi connectivity index (χ0) is 13.8. The second-order valence-electron chi connectivity index (χ2n) is 4.35. The van der Waals surface area contributed by atoms with Crippen LogP contribution < -0.4 is 11.1 Å². The van der Waals surface area contributed by atoms with Gasteiger partial charge in [-0.1, -0.05) is 19.1 Å². The third kappa shape index (κ3) is 3.12. The molecule has 0 aliphatic rings. The molecule has 1 aromatic heterocycles. The SMILES string of the molecule is CCC(NC(=O)c1ccccc1N)c1nc(C)cs1. The number of nitrogens with one attached hydrogen (secondary N) is 1. The molecule has 1 heterocycles. The summed E-state index contributed by atoms with van der Waals surface area (Å²) in [7, 11) is 0. The molecule has 0 aliphatic heterocycles. The van der Waals surface area contributed by atoms with Crippen molar-refractivity contribution in [3.05, 3.63) is 45.9 Å². The predicted molar refractivity (Wildman–Crippen MR) is 78.2 cm³/mol. The molecule has 19 heavy (non-hydrogen) atoms. The standard InChI is InChI=1S/C14H17N3OS/c1-3-12(14-16-9(2)8-19-14)17-13(18)10-6-4-5-7-11(10)15/h4-8,12H,3,15H2,1-2H3,(H,17,18). The van der Waals surface area contributed by atoms with Crippen LogP contribution in [0.15, 0.2) is 29.6 Å². The number of amides is 1. The number of hydrogen-bond acceptors (Lipinski definition) is 4. The van der Waals surface area contributed by atoms with E-state index in [9.17, 15) is 4.79 Å². The van der Waals surface area contributed by atoms with Gasteiger partial charge < -0.3 is 11.1 Å². The number of carbonyl (C=O) groups is 1. The van der Waals surface area contributed by atoms with E-state index in [4.69, 9.17) is 5.73 Å². The zero-order valence-electron chi connectivity index (χ0n) is 11.0. The summed E-state index contributed by atoms with van der Waals surface area (Å²) >= 11 is 1.57. The van der Waals surface area contributed by atoms with Gasteiger partial charge in [-0.25, -0.2) is 4.98 Å². The molecule has 2 aromatic rings. The van der Waals surface area contributed by atoms with Gasteiger partial charge in [0.2, 0.25) is 0 Å². The number of hydrogen-bond donors (Lipinski definition) is 2. The van der Waals surface area contributed by atoms with E-state index in [0.29, 0.717) is 11.3 Å². The van der Waals surface area contributed by atoms with Gasteiger partial charge in [-0.05, 0) is 25.5 Å². The maximum atomic E-state index is 12.2. The first kappa shape index (κ1) is 13.5. The molecule has 5 heteroatoms. The molecule has 0 saturated carbocycles. The molecule has 100 valence electrons. The summed E-state index contributed by atoms with van der Waals surface area (Å²) in [6.07, 6.45) is 0.797. The monoisotopic (exact) mass is 275 g/mol. The summed E-state index contributed by atoms with van der Waals surface area (Å²) in [5.74, 6) is -0.155. The molecule has 0 radical (unpaired) electrons. The Morgan fingerprint density at radius 2 is 2.21 bits per heavy atom. The first-order chi connectivity index (χ1) is 9.11. The van der Waals surface area contributed by atoms with Crippen molar-refractivity contribution in [1.29, 1.82) is 0 Å². The largest absolute Gasteiger partial charge is 0.398 e. The van der Waals surface area contributed by atoms with Crippen LogP contribution in [0.1, 0.15) is 40.4 Å². The average molecular weight is 275 g/mol. The maximum Gasteiger partial charge on any atom is 0.253 e. The summed E-state index contributed by atoms with van der Waals surface area (Å²) in [5, 5.41) is 5.90. The van der Waals surface area contributed by atoms with Crippen molar-refractivity contribution < 1.29 is 4.79 Å². The van der Waals surface area contributed by atoms with Gasteiger partial charge in [0.1, 0.15) is 5.01 Å². The Bertz CT molecular complexity index is 580. The van der Waals surface area contributed by atoms with Gasteiger partial charge in [0, 0.05) is 16.8 Å². The minimum absolute atomic E-state index is 0.0641. The summed E-state index contributed by atoms with van der Waals surface area (Å²) < 4.78 is 0. The second kappa shape index (κ2) is 5.84. The Morgan fingerprint density at radius 1 is 1.47 bits per heavy atom. The lowest BCUT2D eigenvalue weighted by Gasteiger charge is -2.15. The van der Waals surface area contributed by atoms with Gasteiger partial charge in [0.25, 0.3) is 5.91 Å². The quantitative estimate of drug-likeness (QED) is 0.843. The highest BCUT2D eigenvalue weighted by Gasteiger charge is 2.17. The van der Waals surface area contributed by atoms with Crippen molar-refractivity contribution in [2.24, 2.45) is 0 Å². The van der Waals surface area contributed by atoms with Crippen LogP contribution >= 0.6 is 11.3 Å². The number of carbonyl (C=O) groups excluding carboxylic acids is 1. The Labute approximate surface area is 116 Å². The molecule has 1 atom stereocenters. The van der Waals surface area contributed by atoms with Gasteiger partial charge in [0.05, 0.1) is 11.6 Å². The minimum Gasteiger partial charge on any atom is -0.398 e. The number of aryl methyl sites for hydroxylation is 1. The zero-order valence-corrected chi connectivity index (χ0v) is 11.8. The fourth-order valence-corrected chi connectivity index (χ4v) is 2.74. The Kier molecular flexibility index (Phi) is 4.16. The first-order valence-electron chi connectivity index (χ1n) is 6.19. The van der Waals surface area contributed by atoms with Crippen LogP contribution in [-0.4, -0.2) is 10.9 Å². The smallest absolute Gasteiger partial charge is 0.253 e. The van der Waals surface area contributed by atoms with Crippen molar-refractivity contribution in [1.82, 2.24) is 10.3 Å². The van der Waals surface area contributed by atoms with Crippen molar-refractivity contribution >= 4 is 22.9 Å².